The number of anilines is 1. The monoisotopic (exact) mass is 398 g/mol. The number of benzene rings is 2. The third-order valence-electron chi connectivity index (χ3n) is 3.74. The van der Waals surface area contributed by atoms with E-state index in [0.717, 1.165) is 0 Å². The van der Waals surface area contributed by atoms with E-state index in [-0.39, 0.29) is 10.7 Å². The Bertz CT molecular complexity index is 957. The quantitative estimate of drug-likeness (QED) is 0.361. The van der Waals surface area contributed by atoms with Crippen molar-refractivity contribution in [1.82, 2.24) is 5.32 Å². The van der Waals surface area contributed by atoms with Crippen molar-refractivity contribution in [3.63, 3.8) is 0 Å². The second-order valence-corrected chi connectivity index (χ2v) is 6.38. The minimum absolute atomic E-state index is 0.0386. The summed E-state index contributed by atoms with van der Waals surface area (Å²) in [5.74, 6) is -0.566. The molecular weight excluding hydrogens is 384 g/mol. The minimum atomic E-state index is -0.555. The summed E-state index contributed by atoms with van der Waals surface area (Å²) in [4.78, 5) is 26.5. The summed E-state index contributed by atoms with van der Waals surface area (Å²) >= 11 is 11.4. The van der Waals surface area contributed by atoms with E-state index in [1.807, 2.05) is 6.07 Å². The van der Waals surface area contributed by atoms with Crippen LogP contribution in [0.3, 0.4) is 0 Å². The molecule has 2 aromatic carbocycles. The molecule has 1 fully saturated rings. The first kappa shape index (κ1) is 18.8. The van der Waals surface area contributed by atoms with Crippen LogP contribution in [0, 0.1) is 0 Å². The molecule has 3 rings (SSSR count). The first-order valence-electron chi connectivity index (χ1n) is 8.01. The summed E-state index contributed by atoms with van der Waals surface area (Å²) < 4.78 is 5.42. The predicted molar refractivity (Wildman–Crippen MR) is 110 cm³/mol. The maximum Gasteiger partial charge on any atom is 0.270 e. The number of hydrogen-bond acceptors (Lipinski definition) is 4. The lowest BCUT2D eigenvalue weighted by atomic mass is 10.1. The van der Waals surface area contributed by atoms with Gasteiger partial charge in [-0.3, -0.25) is 19.8 Å². The van der Waals surface area contributed by atoms with Gasteiger partial charge in [-0.25, -0.2) is 0 Å². The van der Waals surface area contributed by atoms with Gasteiger partial charge in [-0.05, 0) is 48.1 Å². The molecule has 0 radical (unpaired) electrons. The van der Waals surface area contributed by atoms with Gasteiger partial charge in [0.2, 0.25) is 0 Å². The van der Waals surface area contributed by atoms with Crippen LogP contribution in [0.1, 0.15) is 5.56 Å². The molecule has 2 aromatic rings. The van der Waals surface area contributed by atoms with Crippen molar-refractivity contribution in [3.05, 3.63) is 77.3 Å². The van der Waals surface area contributed by atoms with Gasteiger partial charge in [-0.2, -0.15) is 0 Å². The summed E-state index contributed by atoms with van der Waals surface area (Å²) in [6.45, 7) is 3.90. The topological polar surface area (TPSA) is 58.6 Å². The van der Waals surface area contributed by atoms with Crippen LogP contribution in [-0.4, -0.2) is 23.5 Å². The molecule has 0 unspecified atom stereocenters. The van der Waals surface area contributed by atoms with Gasteiger partial charge in [-0.15, -0.1) is 0 Å². The number of para-hydroxylation sites is 1. The lowest BCUT2D eigenvalue weighted by Crippen LogP contribution is -2.54. The standard InChI is InChI=1S/C20H15ClN2O3S/c1-2-10-26-17-9-8-13(12-16(17)21)11-15-18(24)22-20(27)23(19(15)25)14-6-4-3-5-7-14/h2-9,11-12H,1,10H2,(H,22,24,27). The predicted octanol–water partition coefficient (Wildman–Crippen LogP) is 3.74. The Morgan fingerprint density at radius 3 is 2.59 bits per heavy atom. The summed E-state index contributed by atoms with van der Waals surface area (Å²) in [5.41, 5.74) is 1.12. The third kappa shape index (κ3) is 4.07. The van der Waals surface area contributed by atoms with Crippen molar-refractivity contribution in [3.8, 4) is 5.75 Å². The van der Waals surface area contributed by atoms with E-state index in [1.165, 1.54) is 11.0 Å². The zero-order valence-electron chi connectivity index (χ0n) is 14.1. The summed E-state index contributed by atoms with van der Waals surface area (Å²) in [6.07, 6.45) is 3.08. The number of nitrogens with one attached hydrogen (secondary N) is 1. The smallest absolute Gasteiger partial charge is 0.270 e. The third-order valence-corrected chi connectivity index (χ3v) is 4.32. The first-order chi connectivity index (χ1) is 13.0. The van der Waals surface area contributed by atoms with Crippen LogP contribution in [0.25, 0.3) is 6.08 Å². The Hall–Kier alpha value is -2.96. The number of nitrogens with zero attached hydrogens (tertiary/aromatic N) is 1. The normalized spacial score (nSPS) is 15.7. The summed E-state index contributed by atoms with van der Waals surface area (Å²) in [7, 11) is 0. The SMILES string of the molecule is C=CCOc1ccc(C=C2C(=O)NC(=S)N(c3ccccc3)C2=O)cc1Cl. The molecule has 136 valence electrons. The van der Waals surface area contributed by atoms with E-state index in [2.05, 4.69) is 11.9 Å². The summed E-state index contributed by atoms with van der Waals surface area (Å²) in [5, 5.41) is 2.95. The Labute approximate surface area is 166 Å². The van der Waals surface area contributed by atoms with Gasteiger partial charge in [0, 0.05) is 0 Å². The van der Waals surface area contributed by atoms with E-state index in [9.17, 15) is 9.59 Å². The fraction of sp³-hybridized carbons (Fsp3) is 0.0500. The number of halogens is 1. The average Bonchev–Trinajstić information content (AvgIpc) is 2.65. The van der Waals surface area contributed by atoms with Gasteiger partial charge >= 0.3 is 0 Å². The second kappa shape index (κ2) is 8.16. The Morgan fingerprint density at radius 1 is 1.19 bits per heavy atom. The zero-order chi connectivity index (χ0) is 19.4. The highest BCUT2D eigenvalue weighted by Crippen LogP contribution is 2.27. The molecule has 0 saturated carbocycles. The highest BCUT2D eigenvalue weighted by atomic mass is 35.5. The number of ether oxygens (including phenoxy) is 1. The lowest BCUT2D eigenvalue weighted by Gasteiger charge is -2.28. The zero-order valence-corrected chi connectivity index (χ0v) is 15.7. The van der Waals surface area contributed by atoms with Crippen LogP contribution in [0.2, 0.25) is 5.02 Å². The van der Waals surface area contributed by atoms with Crippen molar-refractivity contribution in [2.24, 2.45) is 0 Å². The molecule has 1 aliphatic heterocycles. The molecule has 2 amide bonds. The molecule has 0 atom stereocenters. The molecule has 0 spiro atoms. The molecule has 27 heavy (non-hydrogen) atoms. The van der Waals surface area contributed by atoms with E-state index >= 15 is 0 Å². The van der Waals surface area contributed by atoms with Crippen LogP contribution >= 0.6 is 23.8 Å². The second-order valence-electron chi connectivity index (χ2n) is 5.58. The van der Waals surface area contributed by atoms with Gasteiger partial charge < -0.3 is 4.74 Å². The van der Waals surface area contributed by atoms with Gasteiger partial charge in [0.1, 0.15) is 17.9 Å². The van der Waals surface area contributed by atoms with Gasteiger partial charge in [0.25, 0.3) is 11.8 Å². The lowest BCUT2D eigenvalue weighted by molar-refractivity contribution is -0.122. The number of amides is 2. The highest BCUT2D eigenvalue weighted by molar-refractivity contribution is 7.80. The number of carbonyl (C=O) groups is 2. The van der Waals surface area contributed by atoms with Crippen LogP contribution < -0.4 is 15.0 Å². The fourth-order valence-electron chi connectivity index (χ4n) is 2.51. The van der Waals surface area contributed by atoms with Crippen molar-refractivity contribution in [2.45, 2.75) is 0 Å². The van der Waals surface area contributed by atoms with Crippen LogP contribution in [0.4, 0.5) is 5.69 Å². The summed E-state index contributed by atoms with van der Waals surface area (Å²) in [6, 6.07) is 13.9. The maximum absolute atomic E-state index is 12.9. The number of carbonyl (C=O) groups excluding carboxylic acids is 2. The highest BCUT2D eigenvalue weighted by Gasteiger charge is 2.34. The van der Waals surface area contributed by atoms with Crippen molar-refractivity contribution >= 4 is 52.5 Å². The van der Waals surface area contributed by atoms with Crippen LogP contribution in [0.15, 0.2) is 66.8 Å². The van der Waals surface area contributed by atoms with Gasteiger partial charge in [0.05, 0.1) is 10.7 Å². The molecule has 1 heterocycles. The molecule has 0 aliphatic carbocycles. The fourth-order valence-corrected chi connectivity index (χ4v) is 3.03. The Kier molecular flexibility index (Phi) is 5.69. The molecule has 1 N–H and O–H groups in total. The van der Waals surface area contributed by atoms with Gasteiger partial charge in [0.15, 0.2) is 5.11 Å². The number of rotatable bonds is 5. The molecule has 7 heteroatoms. The van der Waals surface area contributed by atoms with Crippen molar-refractivity contribution < 1.29 is 14.3 Å². The maximum atomic E-state index is 12.9. The Morgan fingerprint density at radius 2 is 1.93 bits per heavy atom. The van der Waals surface area contributed by atoms with Gasteiger partial charge in [-0.1, -0.05) is 48.5 Å². The van der Waals surface area contributed by atoms with Crippen LogP contribution in [0.5, 0.6) is 5.75 Å². The van der Waals surface area contributed by atoms with E-state index < -0.39 is 11.8 Å². The van der Waals surface area contributed by atoms with Crippen LogP contribution in [-0.2, 0) is 9.59 Å². The average molecular weight is 399 g/mol. The van der Waals surface area contributed by atoms with Crippen molar-refractivity contribution in [2.75, 3.05) is 11.5 Å². The first-order valence-corrected chi connectivity index (χ1v) is 8.79. The minimum Gasteiger partial charge on any atom is -0.488 e. The van der Waals surface area contributed by atoms with E-state index in [1.54, 1.807) is 48.5 Å². The Balaban J connectivity index is 1.93. The van der Waals surface area contributed by atoms with E-state index in [4.69, 9.17) is 28.6 Å². The molecule has 1 aliphatic rings. The molecule has 5 nitrogen and oxygen atoms in total. The molecular formula is C20H15ClN2O3S. The number of thiocarbonyl (C=S) groups is 1. The molecule has 0 aromatic heterocycles. The molecule has 1 saturated heterocycles. The van der Waals surface area contributed by atoms with E-state index in [0.29, 0.717) is 28.6 Å². The number of hydrogen-bond donors (Lipinski definition) is 1. The largest absolute Gasteiger partial charge is 0.488 e. The molecule has 0 bridgehead atoms. The van der Waals surface area contributed by atoms with Crippen molar-refractivity contribution in [1.29, 1.82) is 0 Å².